The smallest absolute Gasteiger partial charge is 0.314 e. The third kappa shape index (κ3) is 5.40. The number of carbonyl (C=O) groups is 2. The average molecular weight is 483 g/mol. The van der Waals surface area contributed by atoms with Crippen LogP contribution in [0, 0.1) is 0 Å². The Labute approximate surface area is 201 Å². The lowest BCUT2D eigenvalue weighted by atomic mass is 10.1. The van der Waals surface area contributed by atoms with Gasteiger partial charge in [-0.15, -0.1) is 11.3 Å². The molecule has 3 aromatic rings. The van der Waals surface area contributed by atoms with E-state index in [-0.39, 0.29) is 18.7 Å². The number of aromatic nitrogens is 1. The standard InChI is InChI=1S/C24H26N4O5S/c1-3-25-23(30)26-11-4-12-28-19(16-5-8-18(31-2)9-6-16)14-34-24(28)27-22(29)17-7-10-20-21(13-17)33-15-32-20/h5-10,13-14H,3-4,11-12,15H2,1-2H3,(H2,25,26,30)/b27-24-. The monoisotopic (exact) mass is 482 g/mol. The highest BCUT2D eigenvalue weighted by Crippen LogP contribution is 2.32. The first-order valence-electron chi connectivity index (χ1n) is 10.9. The molecule has 2 heterocycles. The summed E-state index contributed by atoms with van der Waals surface area (Å²) >= 11 is 1.39. The first-order chi connectivity index (χ1) is 16.6. The molecule has 2 aromatic carbocycles. The Kier molecular flexibility index (Phi) is 7.48. The minimum absolute atomic E-state index is 0.143. The normalized spacial score (nSPS) is 12.5. The Bertz CT molecular complexity index is 1230. The van der Waals surface area contributed by atoms with Crippen molar-refractivity contribution in [1.82, 2.24) is 15.2 Å². The summed E-state index contributed by atoms with van der Waals surface area (Å²) in [6.45, 7) is 3.64. The highest BCUT2D eigenvalue weighted by molar-refractivity contribution is 7.07. The van der Waals surface area contributed by atoms with Gasteiger partial charge in [0, 0.05) is 30.6 Å². The molecule has 178 valence electrons. The molecule has 34 heavy (non-hydrogen) atoms. The predicted octanol–water partition coefficient (Wildman–Crippen LogP) is 3.40. The number of nitrogens with zero attached hydrogens (tertiary/aromatic N) is 2. The summed E-state index contributed by atoms with van der Waals surface area (Å²) in [5.41, 5.74) is 2.33. The number of fused-ring (bicyclic) bond motifs is 1. The van der Waals surface area contributed by atoms with Gasteiger partial charge in [-0.2, -0.15) is 4.99 Å². The first kappa shape index (κ1) is 23.4. The second-order valence-electron chi connectivity index (χ2n) is 7.41. The van der Waals surface area contributed by atoms with Crippen molar-refractivity contribution in [3.63, 3.8) is 0 Å². The van der Waals surface area contributed by atoms with Crippen LogP contribution in [0.3, 0.4) is 0 Å². The zero-order chi connectivity index (χ0) is 23.9. The number of benzene rings is 2. The molecule has 1 aliphatic heterocycles. The minimum Gasteiger partial charge on any atom is -0.497 e. The van der Waals surface area contributed by atoms with Crippen LogP contribution in [0.15, 0.2) is 52.8 Å². The maximum absolute atomic E-state index is 12.9. The van der Waals surface area contributed by atoms with Gasteiger partial charge in [-0.25, -0.2) is 4.79 Å². The molecule has 0 aliphatic carbocycles. The topological polar surface area (TPSA) is 103 Å². The highest BCUT2D eigenvalue weighted by Gasteiger charge is 2.17. The van der Waals surface area contributed by atoms with Crippen LogP contribution < -0.4 is 29.6 Å². The summed E-state index contributed by atoms with van der Waals surface area (Å²) in [5, 5.41) is 7.52. The molecule has 0 radical (unpaired) electrons. The molecule has 0 fully saturated rings. The minimum atomic E-state index is -0.365. The number of nitrogens with one attached hydrogen (secondary N) is 2. The second-order valence-corrected chi connectivity index (χ2v) is 8.24. The molecule has 0 atom stereocenters. The molecular formula is C24H26N4O5S. The zero-order valence-corrected chi connectivity index (χ0v) is 19.8. The number of thiazole rings is 1. The van der Waals surface area contributed by atoms with Crippen molar-refractivity contribution in [3.05, 3.63) is 58.2 Å². The van der Waals surface area contributed by atoms with Gasteiger partial charge < -0.3 is 29.4 Å². The SMILES string of the molecule is CCNC(=O)NCCCn1c(-c2ccc(OC)cc2)cs/c1=N\C(=O)c1ccc2c(c1)OCO2. The van der Waals surface area contributed by atoms with Gasteiger partial charge in [0.1, 0.15) is 5.75 Å². The number of rotatable bonds is 8. The predicted molar refractivity (Wildman–Crippen MR) is 128 cm³/mol. The van der Waals surface area contributed by atoms with Crippen LogP contribution in [0.2, 0.25) is 0 Å². The summed E-state index contributed by atoms with van der Waals surface area (Å²) in [5.74, 6) is 1.55. The number of methoxy groups -OCH3 is 1. The van der Waals surface area contributed by atoms with Crippen LogP contribution >= 0.6 is 11.3 Å². The fraction of sp³-hybridized carbons (Fsp3) is 0.292. The molecule has 1 aromatic heterocycles. The molecular weight excluding hydrogens is 456 g/mol. The zero-order valence-electron chi connectivity index (χ0n) is 19.0. The van der Waals surface area contributed by atoms with E-state index in [1.54, 1.807) is 25.3 Å². The van der Waals surface area contributed by atoms with Gasteiger partial charge in [-0.1, -0.05) is 0 Å². The number of hydrogen-bond donors (Lipinski definition) is 2. The quantitative estimate of drug-likeness (QED) is 0.479. The van der Waals surface area contributed by atoms with E-state index in [0.717, 1.165) is 17.0 Å². The fourth-order valence-electron chi connectivity index (χ4n) is 3.47. The van der Waals surface area contributed by atoms with Gasteiger partial charge in [-0.05, 0) is 61.4 Å². The van der Waals surface area contributed by atoms with Crippen LogP contribution in [0.4, 0.5) is 4.79 Å². The van der Waals surface area contributed by atoms with Crippen molar-refractivity contribution in [2.45, 2.75) is 19.9 Å². The van der Waals surface area contributed by atoms with Crippen LogP contribution in [-0.4, -0.2) is 43.5 Å². The third-order valence-electron chi connectivity index (χ3n) is 5.18. The average Bonchev–Trinajstić information content (AvgIpc) is 3.48. The number of hydrogen-bond acceptors (Lipinski definition) is 6. The van der Waals surface area contributed by atoms with Crippen molar-refractivity contribution in [2.24, 2.45) is 4.99 Å². The maximum Gasteiger partial charge on any atom is 0.314 e. The van der Waals surface area contributed by atoms with E-state index in [4.69, 9.17) is 14.2 Å². The molecule has 0 bridgehead atoms. The summed E-state index contributed by atoms with van der Waals surface area (Å²) in [6, 6.07) is 12.6. The Morgan fingerprint density at radius 2 is 1.91 bits per heavy atom. The van der Waals surface area contributed by atoms with E-state index in [2.05, 4.69) is 15.6 Å². The van der Waals surface area contributed by atoms with Crippen molar-refractivity contribution >= 4 is 23.3 Å². The Hall–Kier alpha value is -3.79. The van der Waals surface area contributed by atoms with Crippen molar-refractivity contribution in [1.29, 1.82) is 0 Å². The molecule has 0 spiro atoms. The molecule has 9 nitrogen and oxygen atoms in total. The van der Waals surface area contributed by atoms with Gasteiger partial charge in [-0.3, -0.25) is 4.79 Å². The molecule has 0 unspecified atom stereocenters. The van der Waals surface area contributed by atoms with Gasteiger partial charge in [0.25, 0.3) is 5.91 Å². The van der Waals surface area contributed by atoms with Gasteiger partial charge >= 0.3 is 6.03 Å². The largest absolute Gasteiger partial charge is 0.497 e. The van der Waals surface area contributed by atoms with E-state index >= 15 is 0 Å². The van der Waals surface area contributed by atoms with E-state index in [1.165, 1.54) is 11.3 Å². The maximum atomic E-state index is 12.9. The summed E-state index contributed by atoms with van der Waals surface area (Å²) < 4.78 is 18.0. The molecule has 0 saturated heterocycles. The van der Waals surface area contributed by atoms with Crippen molar-refractivity contribution in [2.75, 3.05) is 27.0 Å². The van der Waals surface area contributed by atoms with Crippen molar-refractivity contribution < 1.29 is 23.8 Å². The molecule has 10 heteroatoms. The Morgan fingerprint density at radius 1 is 1.12 bits per heavy atom. The number of urea groups is 1. The van der Waals surface area contributed by atoms with Crippen LogP contribution in [-0.2, 0) is 6.54 Å². The van der Waals surface area contributed by atoms with Crippen molar-refractivity contribution in [3.8, 4) is 28.5 Å². The highest BCUT2D eigenvalue weighted by atomic mass is 32.1. The fourth-order valence-corrected chi connectivity index (χ4v) is 4.40. The van der Waals surface area contributed by atoms with Crippen LogP contribution in [0.1, 0.15) is 23.7 Å². The Morgan fingerprint density at radius 3 is 2.68 bits per heavy atom. The number of amides is 3. The first-order valence-corrected chi connectivity index (χ1v) is 11.8. The summed E-state index contributed by atoms with van der Waals surface area (Å²) in [4.78, 5) is 29.6. The molecule has 0 saturated carbocycles. The van der Waals surface area contributed by atoms with E-state index in [9.17, 15) is 9.59 Å². The van der Waals surface area contributed by atoms with Gasteiger partial charge in [0.15, 0.2) is 16.3 Å². The molecule has 1 aliphatic rings. The lowest BCUT2D eigenvalue weighted by molar-refractivity contribution is 0.0997. The van der Waals surface area contributed by atoms with Gasteiger partial charge in [0.2, 0.25) is 6.79 Å². The Balaban J connectivity index is 1.60. The third-order valence-corrected chi connectivity index (χ3v) is 6.05. The van der Waals surface area contributed by atoms with Crippen LogP contribution in [0.25, 0.3) is 11.3 Å². The summed E-state index contributed by atoms with van der Waals surface area (Å²) in [6.07, 6.45) is 0.669. The second kappa shape index (κ2) is 10.9. The molecule has 2 N–H and O–H groups in total. The number of ether oxygens (including phenoxy) is 3. The van der Waals surface area contributed by atoms with Crippen LogP contribution in [0.5, 0.6) is 17.2 Å². The summed E-state index contributed by atoms with van der Waals surface area (Å²) in [7, 11) is 1.63. The lowest BCUT2D eigenvalue weighted by Gasteiger charge is -2.11. The lowest BCUT2D eigenvalue weighted by Crippen LogP contribution is -2.36. The molecule has 4 rings (SSSR count). The van der Waals surface area contributed by atoms with E-state index < -0.39 is 0 Å². The molecule has 3 amide bonds. The number of carbonyl (C=O) groups excluding carboxylic acids is 2. The van der Waals surface area contributed by atoms with E-state index in [1.807, 2.05) is 41.1 Å². The van der Waals surface area contributed by atoms with E-state index in [0.29, 0.717) is 47.9 Å². The van der Waals surface area contributed by atoms with Gasteiger partial charge in [0.05, 0.1) is 12.8 Å².